The second-order valence-electron chi connectivity index (χ2n) is 6.46. The number of thiophene rings is 1. The van der Waals surface area contributed by atoms with Gasteiger partial charge in [0.1, 0.15) is 0 Å². The third-order valence-electron chi connectivity index (χ3n) is 3.88. The van der Waals surface area contributed by atoms with Crippen molar-refractivity contribution in [1.82, 2.24) is 15.5 Å². The van der Waals surface area contributed by atoms with Gasteiger partial charge in [-0.25, -0.2) is 0 Å². The molecule has 9 heteroatoms. The quantitative estimate of drug-likeness (QED) is 0.259. The minimum absolute atomic E-state index is 0. The third kappa shape index (κ3) is 9.32. The first kappa shape index (κ1) is 24.1. The van der Waals surface area contributed by atoms with Gasteiger partial charge in [0.25, 0.3) is 0 Å². The monoisotopic (exact) mass is 560 g/mol. The Labute approximate surface area is 185 Å². The highest BCUT2D eigenvalue weighted by Gasteiger charge is 2.25. The molecule has 1 saturated heterocycles. The summed E-state index contributed by atoms with van der Waals surface area (Å²) in [5.41, 5.74) is -0.849. The first-order chi connectivity index (χ1) is 12.0. The number of aliphatic hydroxyl groups is 1. The first-order valence-corrected chi connectivity index (χ1v) is 10.4. The molecular formula is C17H30BrIN4O2S. The Balaban J connectivity index is 0.00000338. The molecule has 0 radical (unpaired) electrons. The van der Waals surface area contributed by atoms with Crippen molar-refractivity contribution in [3.63, 3.8) is 0 Å². The fraction of sp³-hybridized carbons (Fsp3) is 0.706. The Morgan fingerprint density at radius 1 is 1.38 bits per heavy atom. The lowest BCUT2D eigenvalue weighted by atomic mass is 10.1. The van der Waals surface area contributed by atoms with Gasteiger partial charge in [0.15, 0.2) is 5.96 Å². The van der Waals surface area contributed by atoms with E-state index in [1.54, 1.807) is 11.3 Å². The van der Waals surface area contributed by atoms with E-state index >= 15 is 0 Å². The van der Waals surface area contributed by atoms with Gasteiger partial charge in [0.05, 0.1) is 29.1 Å². The Morgan fingerprint density at radius 3 is 2.73 bits per heavy atom. The van der Waals surface area contributed by atoms with Gasteiger partial charge in [0.2, 0.25) is 0 Å². The lowest BCUT2D eigenvalue weighted by Gasteiger charge is -2.33. The fourth-order valence-corrected chi connectivity index (χ4v) is 4.15. The predicted molar refractivity (Wildman–Crippen MR) is 123 cm³/mol. The van der Waals surface area contributed by atoms with Crippen molar-refractivity contribution < 1.29 is 9.84 Å². The van der Waals surface area contributed by atoms with Crippen LogP contribution in [-0.4, -0.2) is 74.0 Å². The average molecular weight is 561 g/mol. The van der Waals surface area contributed by atoms with Gasteiger partial charge in [0, 0.05) is 37.6 Å². The highest BCUT2D eigenvalue weighted by Crippen LogP contribution is 2.22. The smallest absolute Gasteiger partial charge is 0.191 e. The van der Waals surface area contributed by atoms with Crippen LogP contribution in [0.4, 0.5) is 0 Å². The molecule has 1 fully saturated rings. The molecule has 26 heavy (non-hydrogen) atoms. The van der Waals surface area contributed by atoms with E-state index in [9.17, 15) is 5.11 Å². The summed E-state index contributed by atoms with van der Waals surface area (Å²) in [6, 6.07) is 4.20. The van der Waals surface area contributed by atoms with Gasteiger partial charge >= 0.3 is 0 Å². The molecule has 1 aliphatic rings. The largest absolute Gasteiger partial charge is 0.387 e. The van der Waals surface area contributed by atoms with Crippen molar-refractivity contribution in [1.29, 1.82) is 0 Å². The number of nitrogens with one attached hydrogen (secondary N) is 2. The second-order valence-corrected chi connectivity index (χ2v) is 9.01. The molecule has 1 aromatic heterocycles. The maximum absolute atomic E-state index is 10.6. The van der Waals surface area contributed by atoms with Crippen molar-refractivity contribution in [3.05, 3.63) is 20.8 Å². The molecule has 0 amide bonds. The zero-order chi connectivity index (χ0) is 18.1. The van der Waals surface area contributed by atoms with Gasteiger partial charge in [-0.2, -0.15) is 0 Å². The molecule has 0 saturated carbocycles. The molecule has 1 atom stereocenters. The van der Waals surface area contributed by atoms with E-state index < -0.39 is 5.60 Å². The lowest BCUT2D eigenvalue weighted by Crippen LogP contribution is -2.48. The summed E-state index contributed by atoms with van der Waals surface area (Å²) < 4.78 is 6.51. The number of morpholine rings is 1. The van der Waals surface area contributed by atoms with Gasteiger partial charge in [-0.1, -0.05) is 0 Å². The number of nitrogens with zero attached hydrogens (tertiary/aromatic N) is 2. The van der Waals surface area contributed by atoms with E-state index in [1.165, 1.54) is 4.88 Å². The molecule has 6 nitrogen and oxygen atoms in total. The molecular weight excluding hydrogens is 531 g/mol. The van der Waals surface area contributed by atoms with Crippen LogP contribution < -0.4 is 10.6 Å². The predicted octanol–water partition coefficient (Wildman–Crippen LogP) is 2.31. The van der Waals surface area contributed by atoms with Crippen LogP contribution in [0, 0.1) is 0 Å². The molecule has 0 bridgehead atoms. The number of hydrogen-bond donors (Lipinski definition) is 3. The van der Waals surface area contributed by atoms with Crippen molar-refractivity contribution in [2.75, 3.05) is 52.5 Å². The summed E-state index contributed by atoms with van der Waals surface area (Å²) in [6.07, 6.45) is 0.949. The Morgan fingerprint density at radius 2 is 2.12 bits per heavy atom. The van der Waals surface area contributed by atoms with Crippen LogP contribution in [0.1, 0.15) is 18.7 Å². The van der Waals surface area contributed by atoms with Crippen molar-refractivity contribution in [3.8, 4) is 0 Å². The maximum atomic E-state index is 10.6. The van der Waals surface area contributed by atoms with E-state index in [4.69, 9.17) is 4.74 Å². The van der Waals surface area contributed by atoms with Gasteiger partial charge in [-0.3, -0.25) is 9.89 Å². The lowest BCUT2D eigenvalue weighted by molar-refractivity contribution is -0.0179. The number of aliphatic imine (C=N–C) groups is 1. The Kier molecular flexibility index (Phi) is 11.6. The second kappa shape index (κ2) is 12.5. The normalized spacial score (nSPS) is 18.1. The van der Waals surface area contributed by atoms with Crippen LogP contribution in [0.25, 0.3) is 0 Å². The molecule has 0 spiro atoms. The van der Waals surface area contributed by atoms with Crippen LogP contribution in [0.15, 0.2) is 20.9 Å². The molecule has 150 valence electrons. The van der Waals surface area contributed by atoms with Crippen molar-refractivity contribution >= 4 is 57.2 Å². The number of guanidine groups is 1. The molecule has 2 rings (SSSR count). The zero-order valence-corrected chi connectivity index (χ0v) is 20.2. The van der Waals surface area contributed by atoms with Crippen molar-refractivity contribution in [2.24, 2.45) is 4.99 Å². The average Bonchev–Trinajstić information content (AvgIpc) is 2.98. The molecule has 3 N–H and O–H groups in total. The highest BCUT2D eigenvalue weighted by molar-refractivity contribution is 14.0. The molecule has 0 aliphatic carbocycles. The van der Waals surface area contributed by atoms with Crippen LogP contribution in [0.5, 0.6) is 0 Å². The van der Waals surface area contributed by atoms with E-state index in [0.717, 1.165) is 55.6 Å². The number of hydrogen-bond acceptors (Lipinski definition) is 5. The van der Waals surface area contributed by atoms with Crippen LogP contribution in [0.3, 0.4) is 0 Å². The minimum Gasteiger partial charge on any atom is -0.387 e. The maximum Gasteiger partial charge on any atom is 0.191 e. The summed E-state index contributed by atoms with van der Waals surface area (Å²) in [4.78, 5) is 8.13. The number of rotatable bonds is 8. The first-order valence-electron chi connectivity index (χ1n) is 8.77. The van der Waals surface area contributed by atoms with Crippen molar-refractivity contribution in [2.45, 2.75) is 25.9 Å². The number of ether oxygens (including phenoxy) is 1. The van der Waals surface area contributed by atoms with E-state index in [-0.39, 0.29) is 24.0 Å². The summed E-state index contributed by atoms with van der Waals surface area (Å²) in [7, 11) is 0. The third-order valence-corrected chi connectivity index (χ3v) is 5.57. The van der Waals surface area contributed by atoms with E-state index in [2.05, 4.69) is 48.6 Å². The van der Waals surface area contributed by atoms with Gasteiger partial charge in [-0.15, -0.1) is 35.3 Å². The van der Waals surface area contributed by atoms with E-state index in [0.29, 0.717) is 13.1 Å². The topological polar surface area (TPSA) is 69.1 Å². The summed E-state index contributed by atoms with van der Waals surface area (Å²) in [5, 5.41) is 17.2. The molecule has 0 aromatic carbocycles. The molecule has 2 heterocycles. The SMILES string of the molecule is CCNC(=NCC(C)(O)CN1CCOCC1)NCCc1ccc(Br)s1.I. The number of halogens is 2. The zero-order valence-electron chi connectivity index (χ0n) is 15.5. The molecule has 1 unspecified atom stereocenters. The van der Waals surface area contributed by atoms with Crippen LogP contribution >= 0.6 is 51.2 Å². The highest BCUT2D eigenvalue weighted by atomic mass is 127. The number of β-amino-alcohol motifs (C(OH)–C–C–N with tert-alkyl or cyclic N) is 1. The minimum atomic E-state index is -0.849. The summed E-state index contributed by atoms with van der Waals surface area (Å²) >= 11 is 5.24. The van der Waals surface area contributed by atoms with Gasteiger partial charge < -0.3 is 20.5 Å². The summed E-state index contributed by atoms with van der Waals surface area (Å²) in [6.45, 7) is 9.69. The Bertz CT molecular complexity index is 551. The fourth-order valence-electron chi connectivity index (χ4n) is 2.67. The van der Waals surface area contributed by atoms with Crippen LogP contribution in [-0.2, 0) is 11.2 Å². The van der Waals surface area contributed by atoms with Gasteiger partial charge in [-0.05, 0) is 48.3 Å². The standard InChI is InChI=1S/C17H29BrN4O2S.HI/c1-3-19-16(20-7-6-14-4-5-15(18)25-14)21-12-17(2,23)13-22-8-10-24-11-9-22;/h4-5,23H,3,6-13H2,1-2H3,(H2,19,20,21);1H. The van der Waals surface area contributed by atoms with E-state index in [1.807, 2.05) is 13.8 Å². The van der Waals surface area contributed by atoms with Crippen LogP contribution in [0.2, 0.25) is 0 Å². The molecule has 1 aromatic rings. The summed E-state index contributed by atoms with van der Waals surface area (Å²) in [5.74, 6) is 0.750. The Hall–Kier alpha value is 0.0600. The molecule has 1 aliphatic heterocycles.